The topological polar surface area (TPSA) is 45.7 Å². The van der Waals surface area contributed by atoms with Gasteiger partial charge in [-0.15, -0.1) is 0 Å². The lowest BCUT2D eigenvalue weighted by Crippen LogP contribution is -2.43. The van der Waals surface area contributed by atoms with Crippen LogP contribution >= 0.6 is 0 Å². The van der Waals surface area contributed by atoms with Crippen molar-refractivity contribution in [3.63, 3.8) is 0 Å². The zero-order valence-corrected chi connectivity index (χ0v) is 14.8. The van der Waals surface area contributed by atoms with Crippen molar-refractivity contribution in [1.29, 1.82) is 0 Å². The van der Waals surface area contributed by atoms with Crippen LogP contribution in [0.4, 0.5) is 0 Å². The molecule has 1 aromatic rings. The highest BCUT2D eigenvalue weighted by Crippen LogP contribution is 2.40. The SMILES string of the molecule is CN=C(NCc1ccc(C)cc1)NCC1(CCOC)CCCC1. The molecule has 4 nitrogen and oxygen atoms in total. The molecular formula is C19H31N3O. The zero-order chi connectivity index (χ0) is 16.5. The molecule has 1 saturated carbocycles. The normalized spacial score (nSPS) is 17.3. The van der Waals surface area contributed by atoms with Crippen LogP contribution in [0.1, 0.15) is 43.2 Å². The van der Waals surface area contributed by atoms with Crippen molar-refractivity contribution >= 4 is 5.96 Å². The molecule has 0 atom stereocenters. The van der Waals surface area contributed by atoms with E-state index >= 15 is 0 Å². The van der Waals surface area contributed by atoms with Crippen LogP contribution in [0.15, 0.2) is 29.3 Å². The van der Waals surface area contributed by atoms with Crippen LogP contribution in [-0.2, 0) is 11.3 Å². The fraction of sp³-hybridized carbons (Fsp3) is 0.632. The molecule has 0 heterocycles. The second-order valence-electron chi connectivity index (χ2n) is 6.71. The van der Waals surface area contributed by atoms with Gasteiger partial charge in [0.05, 0.1) is 0 Å². The van der Waals surface area contributed by atoms with Gasteiger partial charge < -0.3 is 15.4 Å². The fourth-order valence-corrected chi connectivity index (χ4v) is 3.34. The summed E-state index contributed by atoms with van der Waals surface area (Å²) in [6.07, 6.45) is 6.38. The van der Waals surface area contributed by atoms with Gasteiger partial charge in [-0.2, -0.15) is 0 Å². The number of hydrogen-bond donors (Lipinski definition) is 2. The van der Waals surface area contributed by atoms with E-state index in [4.69, 9.17) is 4.74 Å². The highest BCUT2D eigenvalue weighted by atomic mass is 16.5. The van der Waals surface area contributed by atoms with Gasteiger partial charge in [-0.3, -0.25) is 4.99 Å². The minimum atomic E-state index is 0.373. The number of ether oxygens (including phenoxy) is 1. The molecule has 1 aliphatic carbocycles. The Morgan fingerprint density at radius 3 is 2.48 bits per heavy atom. The lowest BCUT2D eigenvalue weighted by Gasteiger charge is -2.30. The lowest BCUT2D eigenvalue weighted by molar-refractivity contribution is 0.138. The lowest BCUT2D eigenvalue weighted by atomic mass is 9.83. The van der Waals surface area contributed by atoms with Crippen LogP contribution < -0.4 is 10.6 Å². The Kier molecular flexibility index (Phi) is 6.90. The molecule has 2 N–H and O–H groups in total. The molecule has 0 saturated heterocycles. The molecule has 23 heavy (non-hydrogen) atoms. The van der Waals surface area contributed by atoms with Crippen molar-refractivity contribution in [2.75, 3.05) is 27.3 Å². The van der Waals surface area contributed by atoms with Crippen molar-refractivity contribution in [3.8, 4) is 0 Å². The van der Waals surface area contributed by atoms with Gasteiger partial charge in [0.1, 0.15) is 0 Å². The Labute approximate surface area is 140 Å². The van der Waals surface area contributed by atoms with E-state index in [2.05, 4.69) is 46.8 Å². The van der Waals surface area contributed by atoms with Crippen LogP contribution in [0.3, 0.4) is 0 Å². The van der Waals surface area contributed by atoms with E-state index < -0.39 is 0 Å². The van der Waals surface area contributed by atoms with Gasteiger partial charge in [0.2, 0.25) is 0 Å². The third-order valence-corrected chi connectivity index (χ3v) is 4.94. The summed E-state index contributed by atoms with van der Waals surface area (Å²) in [5.41, 5.74) is 2.93. The molecule has 0 unspecified atom stereocenters. The number of hydrogen-bond acceptors (Lipinski definition) is 2. The number of guanidine groups is 1. The summed E-state index contributed by atoms with van der Waals surface area (Å²) in [4.78, 5) is 4.36. The number of methoxy groups -OCH3 is 1. The summed E-state index contributed by atoms with van der Waals surface area (Å²) < 4.78 is 5.30. The van der Waals surface area contributed by atoms with Gasteiger partial charge in [-0.25, -0.2) is 0 Å². The standard InChI is InChI=1S/C19H31N3O/c1-16-6-8-17(9-7-16)14-21-18(20-2)22-15-19(12-13-23-3)10-4-5-11-19/h6-9H,4-5,10-15H2,1-3H3,(H2,20,21,22). The quantitative estimate of drug-likeness (QED) is 0.599. The van der Waals surface area contributed by atoms with Gasteiger partial charge in [0.25, 0.3) is 0 Å². The molecule has 1 aromatic carbocycles. The predicted molar refractivity (Wildman–Crippen MR) is 96.8 cm³/mol. The van der Waals surface area contributed by atoms with Gasteiger partial charge >= 0.3 is 0 Å². The largest absolute Gasteiger partial charge is 0.385 e. The number of benzene rings is 1. The molecule has 0 bridgehead atoms. The third kappa shape index (κ3) is 5.54. The molecular weight excluding hydrogens is 286 g/mol. The number of aliphatic imine (C=N–C) groups is 1. The van der Waals surface area contributed by atoms with Crippen molar-refractivity contribution < 1.29 is 4.74 Å². The summed E-state index contributed by atoms with van der Waals surface area (Å²) in [6.45, 7) is 4.73. The maximum Gasteiger partial charge on any atom is 0.191 e. The molecule has 128 valence electrons. The van der Waals surface area contributed by atoms with Gasteiger partial charge in [-0.1, -0.05) is 42.7 Å². The van der Waals surface area contributed by atoms with Crippen molar-refractivity contribution in [2.24, 2.45) is 10.4 Å². The first-order valence-electron chi connectivity index (χ1n) is 8.66. The fourth-order valence-electron chi connectivity index (χ4n) is 3.34. The van der Waals surface area contributed by atoms with E-state index in [1.54, 1.807) is 7.11 Å². The molecule has 0 aliphatic heterocycles. The highest BCUT2D eigenvalue weighted by Gasteiger charge is 2.33. The Hall–Kier alpha value is -1.55. The summed E-state index contributed by atoms with van der Waals surface area (Å²) in [5.74, 6) is 0.884. The van der Waals surface area contributed by atoms with E-state index in [-0.39, 0.29) is 0 Å². The van der Waals surface area contributed by atoms with E-state index in [1.807, 2.05) is 7.05 Å². The molecule has 0 radical (unpaired) electrons. The smallest absolute Gasteiger partial charge is 0.191 e. The molecule has 0 amide bonds. The first kappa shape index (κ1) is 17.8. The summed E-state index contributed by atoms with van der Waals surface area (Å²) in [5, 5.41) is 6.94. The second kappa shape index (κ2) is 8.92. The molecule has 0 aromatic heterocycles. The number of rotatable bonds is 7. The van der Waals surface area contributed by atoms with Gasteiger partial charge in [-0.05, 0) is 37.2 Å². The predicted octanol–water partition coefficient (Wildman–Crippen LogP) is 3.26. The van der Waals surface area contributed by atoms with E-state index in [1.165, 1.54) is 36.8 Å². The average molecular weight is 317 g/mol. The summed E-state index contributed by atoms with van der Waals surface area (Å²) in [7, 11) is 3.62. The molecule has 1 fully saturated rings. The van der Waals surface area contributed by atoms with Crippen LogP contribution in [-0.4, -0.2) is 33.3 Å². The zero-order valence-electron chi connectivity index (χ0n) is 14.8. The number of nitrogens with zero attached hydrogens (tertiary/aromatic N) is 1. The maximum atomic E-state index is 5.30. The summed E-state index contributed by atoms with van der Waals surface area (Å²) >= 11 is 0. The van der Waals surface area contributed by atoms with Crippen LogP contribution in [0.25, 0.3) is 0 Å². The van der Waals surface area contributed by atoms with Crippen LogP contribution in [0, 0.1) is 12.3 Å². The van der Waals surface area contributed by atoms with E-state index in [0.29, 0.717) is 5.41 Å². The Morgan fingerprint density at radius 2 is 1.87 bits per heavy atom. The van der Waals surface area contributed by atoms with Crippen LogP contribution in [0.5, 0.6) is 0 Å². The first-order chi connectivity index (χ1) is 11.2. The molecule has 2 rings (SSSR count). The van der Waals surface area contributed by atoms with Crippen LogP contribution in [0.2, 0.25) is 0 Å². The maximum absolute atomic E-state index is 5.30. The van der Waals surface area contributed by atoms with Crippen molar-refractivity contribution in [2.45, 2.75) is 45.6 Å². The van der Waals surface area contributed by atoms with Gasteiger partial charge in [0.15, 0.2) is 5.96 Å². The second-order valence-corrected chi connectivity index (χ2v) is 6.71. The first-order valence-corrected chi connectivity index (χ1v) is 8.66. The molecule has 0 spiro atoms. The van der Waals surface area contributed by atoms with Crippen molar-refractivity contribution in [3.05, 3.63) is 35.4 Å². The summed E-state index contributed by atoms with van der Waals surface area (Å²) in [6, 6.07) is 8.61. The number of aryl methyl sites for hydroxylation is 1. The minimum absolute atomic E-state index is 0.373. The van der Waals surface area contributed by atoms with E-state index in [0.717, 1.165) is 32.1 Å². The molecule has 1 aliphatic rings. The minimum Gasteiger partial charge on any atom is -0.385 e. The number of nitrogens with one attached hydrogen (secondary N) is 2. The van der Waals surface area contributed by atoms with Gasteiger partial charge in [0, 0.05) is 33.9 Å². The monoisotopic (exact) mass is 317 g/mol. The molecule has 4 heteroatoms. The van der Waals surface area contributed by atoms with E-state index in [9.17, 15) is 0 Å². The highest BCUT2D eigenvalue weighted by molar-refractivity contribution is 5.79. The Morgan fingerprint density at radius 1 is 1.17 bits per heavy atom. The average Bonchev–Trinajstić information content (AvgIpc) is 3.04. The Balaban J connectivity index is 1.82. The van der Waals surface area contributed by atoms with Crippen molar-refractivity contribution in [1.82, 2.24) is 10.6 Å². The Bertz CT molecular complexity index is 490. The third-order valence-electron chi connectivity index (χ3n) is 4.94.